The molecule has 1 fully saturated rings. The Balaban J connectivity index is 1.45. The molecule has 1 heterocycles. The van der Waals surface area contributed by atoms with E-state index in [4.69, 9.17) is 18.9 Å². The Morgan fingerprint density at radius 3 is 2.16 bits per heavy atom. The molecule has 0 bridgehead atoms. The van der Waals surface area contributed by atoms with Crippen molar-refractivity contribution in [3.8, 4) is 5.75 Å². The van der Waals surface area contributed by atoms with Crippen molar-refractivity contribution in [2.45, 2.75) is 60.8 Å². The monoisotopic (exact) mass is 600 g/mol. The van der Waals surface area contributed by atoms with E-state index < -0.39 is 41.9 Å². The Labute approximate surface area is 256 Å². The molecule has 0 radical (unpaired) electrons. The second-order valence-electron chi connectivity index (χ2n) is 10.5. The van der Waals surface area contributed by atoms with Gasteiger partial charge in [0, 0.05) is 11.3 Å². The molecule has 1 aliphatic rings. The van der Waals surface area contributed by atoms with Crippen molar-refractivity contribution in [2.75, 3.05) is 7.11 Å². The van der Waals surface area contributed by atoms with E-state index in [9.17, 15) is 15.0 Å². The van der Waals surface area contributed by atoms with Crippen LogP contribution in [0.5, 0.6) is 5.75 Å². The van der Waals surface area contributed by atoms with Gasteiger partial charge in [-0.1, -0.05) is 90.1 Å². The highest BCUT2D eigenvalue weighted by molar-refractivity contribution is 7.99. The fraction of sp³-hybridized carbons (Fsp3) is 0.286. The Bertz CT molecular complexity index is 1430. The smallest absolute Gasteiger partial charge is 0.338 e. The summed E-state index contributed by atoms with van der Waals surface area (Å²) < 4.78 is 24.1. The molecule has 1 unspecified atom stereocenters. The highest BCUT2D eigenvalue weighted by Crippen LogP contribution is 2.38. The first-order valence-electron chi connectivity index (χ1n) is 14.2. The van der Waals surface area contributed by atoms with Gasteiger partial charge in [0.2, 0.25) is 0 Å². The Morgan fingerprint density at radius 1 is 0.860 bits per heavy atom. The maximum Gasteiger partial charge on any atom is 0.338 e. The summed E-state index contributed by atoms with van der Waals surface area (Å²) in [5.74, 6) is 0.153. The number of rotatable bonds is 11. The van der Waals surface area contributed by atoms with Crippen LogP contribution in [0.1, 0.15) is 27.0 Å². The molecule has 0 spiro atoms. The first kappa shape index (κ1) is 30.8. The number of esters is 1. The summed E-state index contributed by atoms with van der Waals surface area (Å²) in [7, 11) is 1.60. The van der Waals surface area contributed by atoms with Gasteiger partial charge in [0.15, 0.2) is 6.10 Å². The summed E-state index contributed by atoms with van der Waals surface area (Å²) in [5.41, 5.74) is 2.45. The van der Waals surface area contributed by atoms with Gasteiger partial charge in [0.05, 0.1) is 25.4 Å². The molecule has 5 rings (SSSR count). The number of thioether (sulfide) groups is 1. The van der Waals surface area contributed by atoms with Crippen LogP contribution >= 0.6 is 11.8 Å². The Kier molecular flexibility index (Phi) is 10.5. The van der Waals surface area contributed by atoms with Crippen LogP contribution in [0.4, 0.5) is 0 Å². The molecule has 6 atom stereocenters. The van der Waals surface area contributed by atoms with Crippen molar-refractivity contribution in [2.24, 2.45) is 0 Å². The van der Waals surface area contributed by atoms with Crippen molar-refractivity contribution >= 4 is 17.7 Å². The predicted molar refractivity (Wildman–Crippen MR) is 165 cm³/mol. The second kappa shape index (κ2) is 14.7. The minimum atomic E-state index is -1.29. The molecule has 1 aliphatic heterocycles. The first-order valence-corrected chi connectivity index (χ1v) is 15.1. The van der Waals surface area contributed by atoms with E-state index in [2.05, 4.69) is 0 Å². The Hall–Kier alpha value is -3.66. The number of ether oxygens (including phenoxy) is 4. The number of methoxy groups -OCH3 is 1. The van der Waals surface area contributed by atoms with Crippen LogP contribution < -0.4 is 4.74 Å². The van der Waals surface area contributed by atoms with E-state index in [1.165, 1.54) is 11.8 Å². The number of aliphatic hydroxyl groups is 2. The summed E-state index contributed by atoms with van der Waals surface area (Å²) in [6.45, 7) is 2.18. The molecule has 0 aromatic heterocycles. The van der Waals surface area contributed by atoms with Crippen molar-refractivity contribution in [3.63, 3.8) is 0 Å². The van der Waals surface area contributed by atoms with E-state index in [1.54, 1.807) is 31.4 Å². The van der Waals surface area contributed by atoms with E-state index in [1.807, 2.05) is 91.9 Å². The molecular weight excluding hydrogens is 564 g/mol. The van der Waals surface area contributed by atoms with Gasteiger partial charge in [-0.15, -0.1) is 0 Å². The number of hydrogen-bond acceptors (Lipinski definition) is 8. The van der Waals surface area contributed by atoms with E-state index in [-0.39, 0.29) is 13.0 Å². The lowest BCUT2D eigenvalue weighted by Gasteiger charge is -2.45. The number of benzene rings is 4. The van der Waals surface area contributed by atoms with Gasteiger partial charge >= 0.3 is 5.97 Å². The van der Waals surface area contributed by atoms with Crippen molar-refractivity contribution in [1.29, 1.82) is 0 Å². The molecule has 2 N–H and O–H groups in total. The second-order valence-corrected chi connectivity index (χ2v) is 11.7. The molecule has 224 valence electrons. The van der Waals surface area contributed by atoms with Crippen molar-refractivity contribution in [3.05, 3.63) is 131 Å². The van der Waals surface area contributed by atoms with Crippen LogP contribution in [0.25, 0.3) is 0 Å². The van der Waals surface area contributed by atoms with E-state index >= 15 is 0 Å². The number of hydrogen-bond donors (Lipinski definition) is 2. The maximum absolute atomic E-state index is 13.3. The largest absolute Gasteiger partial charge is 0.497 e. The van der Waals surface area contributed by atoms with Crippen LogP contribution in [0.3, 0.4) is 0 Å². The molecule has 0 saturated carbocycles. The third-order valence-electron chi connectivity index (χ3n) is 7.35. The lowest BCUT2D eigenvalue weighted by molar-refractivity contribution is -0.235. The molecule has 0 aliphatic carbocycles. The normalized spacial score (nSPS) is 22.5. The predicted octanol–water partition coefficient (Wildman–Crippen LogP) is 5.60. The minimum absolute atomic E-state index is 0.172. The lowest BCUT2D eigenvalue weighted by atomic mass is 9.92. The number of carbonyl (C=O) groups is 1. The summed E-state index contributed by atoms with van der Waals surface area (Å²) in [6, 6.07) is 33.5. The quantitative estimate of drug-likeness (QED) is 0.215. The zero-order valence-corrected chi connectivity index (χ0v) is 24.9. The van der Waals surface area contributed by atoms with Crippen LogP contribution in [-0.2, 0) is 27.2 Å². The number of aliphatic hydroxyl groups excluding tert-OH is 2. The standard InChI is InChI=1S/C35H36O7S/c1-23-13-19-28(20-14-23)43-35-33(41-34(38)26-11-7-4-8-12-26)32(40-22-25-9-5-3-6-10-25)30(37)31(42-35)29(36)21-24-15-17-27(39-2)18-16-24/h3-20,29-33,35-37H,21-22H2,1-2H3/t29?,30-,31-,32+,33-,35+/m1/s1. The molecular formula is C35H36O7S. The van der Waals surface area contributed by atoms with Gasteiger partial charge in [0.1, 0.15) is 29.5 Å². The average Bonchev–Trinajstić information content (AvgIpc) is 3.04. The van der Waals surface area contributed by atoms with Gasteiger partial charge in [0.25, 0.3) is 0 Å². The Morgan fingerprint density at radius 2 is 1.51 bits per heavy atom. The van der Waals surface area contributed by atoms with Gasteiger partial charge in [-0.25, -0.2) is 4.79 Å². The van der Waals surface area contributed by atoms with Crippen LogP contribution in [-0.4, -0.2) is 59.2 Å². The number of aryl methyl sites for hydroxylation is 1. The molecule has 4 aromatic rings. The fourth-order valence-corrected chi connectivity index (χ4v) is 6.07. The van der Waals surface area contributed by atoms with E-state index in [0.29, 0.717) is 11.3 Å². The highest BCUT2D eigenvalue weighted by atomic mass is 32.2. The highest BCUT2D eigenvalue weighted by Gasteiger charge is 2.50. The van der Waals surface area contributed by atoms with Crippen molar-refractivity contribution in [1.82, 2.24) is 0 Å². The molecule has 7 nitrogen and oxygen atoms in total. The van der Waals surface area contributed by atoms with Crippen LogP contribution in [0, 0.1) is 6.92 Å². The summed E-state index contributed by atoms with van der Waals surface area (Å²) in [4.78, 5) is 14.2. The number of carbonyl (C=O) groups excluding carboxylic acids is 1. The van der Waals surface area contributed by atoms with Gasteiger partial charge in [-0.2, -0.15) is 0 Å². The zero-order valence-electron chi connectivity index (χ0n) is 24.1. The summed E-state index contributed by atoms with van der Waals surface area (Å²) >= 11 is 1.36. The van der Waals surface area contributed by atoms with Gasteiger partial charge in [-0.3, -0.25) is 0 Å². The summed E-state index contributed by atoms with van der Waals surface area (Å²) in [6.07, 6.45) is -5.12. The topological polar surface area (TPSA) is 94.5 Å². The zero-order chi connectivity index (χ0) is 30.2. The van der Waals surface area contributed by atoms with Gasteiger partial charge < -0.3 is 29.2 Å². The molecule has 0 amide bonds. The lowest BCUT2D eigenvalue weighted by Crippen LogP contribution is -2.62. The van der Waals surface area contributed by atoms with Gasteiger partial charge in [-0.05, 0) is 54.4 Å². The maximum atomic E-state index is 13.3. The fourth-order valence-electron chi connectivity index (χ4n) is 4.98. The SMILES string of the molecule is COc1ccc(CC(O)[C@H]2O[C@@H](Sc3ccc(C)cc3)[C@H](OC(=O)c3ccccc3)[C@@H](OCc3ccccc3)[C@@H]2O)cc1. The first-order chi connectivity index (χ1) is 20.9. The molecule has 8 heteroatoms. The van der Waals surface area contributed by atoms with Crippen LogP contribution in [0.2, 0.25) is 0 Å². The molecule has 1 saturated heterocycles. The van der Waals surface area contributed by atoms with Crippen molar-refractivity contribution < 1.29 is 34.0 Å². The van der Waals surface area contributed by atoms with Crippen LogP contribution in [0.15, 0.2) is 114 Å². The molecule has 4 aromatic carbocycles. The molecule has 43 heavy (non-hydrogen) atoms. The summed E-state index contributed by atoms with van der Waals surface area (Å²) in [5, 5.41) is 23.1. The average molecular weight is 601 g/mol. The minimum Gasteiger partial charge on any atom is -0.497 e. The third kappa shape index (κ3) is 8.04. The van der Waals surface area contributed by atoms with E-state index in [0.717, 1.165) is 21.6 Å². The third-order valence-corrected chi connectivity index (χ3v) is 8.51.